The third-order valence-electron chi connectivity index (χ3n) is 4.81. The Balaban J connectivity index is 3.68. The van der Waals surface area contributed by atoms with Crippen molar-refractivity contribution in [2.45, 2.75) is 59.7 Å². The van der Waals surface area contributed by atoms with Gasteiger partial charge in [0.05, 0.1) is 5.56 Å². The molecule has 0 fully saturated rings. The van der Waals surface area contributed by atoms with Gasteiger partial charge in [0, 0.05) is 0 Å². The average molecular weight is 656 g/mol. The Morgan fingerprint density at radius 3 is 1.02 bits per heavy atom. The molecule has 41 heavy (non-hydrogen) atoms. The van der Waals surface area contributed by atoms with Crippen molar-refractivity contribution in [1.29, 1.82) is 0 Å². The van der Waals surface area contributed by atoms with Crippen molar-refractivity contribution in [2.75, 3.05) is 0 Å². The first-order valence-electron chi connectivity index (χ1n) is 9.13. The number of rotatable bonds is 10. The number of aromatic hydroxyl groups is 1. The summed E-state index contributed by atoms with van der Waals surface area (Å²) < 4.78 is 281. The summed E-state index contributed by atoms with van der Waals surface area (Å²) in [6.07, 6.45) is -15.6. The molecule has 0 atom stereocenters. The van der Waals surface area contributed by atoms with Crippen molar-refractivity contribution in [2.24, 2.45) is 0 Å². The molecule has 24 heteroatoms. The highest BCUT2D eigenvalue weighted by Crippen LogP contribution is 2.66. The molecule has 1 aromatic rings. The third kappa shape index (κ3) is 4.82. The molecular formula is C17H5F21O3. The summed E-state index contributed by atoms with van der Waals surface area (Å²) in [4.78, 5) is 11.4. The lowest BCUT2D eigenvalue weighted by Crippen LogP contribution is -2.77. The van der Waals surface area contributed by atoms with Crippen LogP contribution in [0.4, 0.5) is 92.2 Å². The molecule has 238 valence electrons. The first-order chi connectivity index (χ1) is 17.6. The number of esters is 1. The van der Waals surface area contributed by atoms with Gasteiger partial charge in [-0.05, 0) is 24.3 Å². The van der Waals surface area contributed by atoms with Gasteiger partial charge in [-0.25, -0.2) is 4.79 Å². The van der Waals surface area contributed by atoms with Crippen LogP contribution in [0.3, 0.4) is 0 Å². The lowest BCUT2D eigenvalue weighted by atomic mass is 9.87. The zero-order valence-corrected chi connectivity index (χ0v) is 18.0. The predicted octanol–water partition coefficient (Wildman–Crippen LogP) is 7.79. The van der Waals surface area contributed by atoms with Gasteiger partial charge in [-0.3, -0.25) is 0 Å². The Morgan fingerprint density at radius 1 is 0.463 bits per heavy atom. The van der Waals surface area contributed by atoms with Crippen LogP contribution in [0.2, 0.25) is 0 Å². The van der Waals surface area contributed by atoms with E-state index in [1.807, 2.05) is 0 Å². The minimum absolute atomic E-state index is 0.187. The predicted molar refractivity (Wildman–Crippen MR) is 84.1 cm³/mol. The standard InChI is InChI=1S/C17H5F21O3/c18-8(19,10(22,23)12(26,27)14(30,31)16(34,35)36)9(20,21)11(24,25)13(28,29)15(32,33)17(37,38)41-7(40)5-1-3-6(39)4-2-5/h1-4,39H. The largest absolute Gasteiger partial charge is 0.508 e. The molecule has 1 aromatic carbocycles. The number of ether oxygens (including phenoxy) is 1. The first kappa shape index (κ1) is 36.0. The van der Waals surface area contributed by atoms with Crippen LogP contribution in [0.25, 0.3) is 0 Å². The highest BCUT2D eigenvalue weighted by atomic mass is 19.4. The van der Waals surface area contributed by atoms with Crippen LogP contribution in [-0.2, 0) is 4.74 Å². The smallest absolute Gasteiger partial charge is 0.473 e. The fourth-order valence-electron chi connectivity index (χ4n) is 2.38. The molecule has 0 radical (unpaired) electrons. The first-order valence-corrected chi connectivity index (χ1v) is 9.13. The van der Waals surface area contributed by atoms with Crippen LogP contribution in [-0.4, -0.2) is 70.7 Å². The number of phenols is 1. The van der Waals surface area contributed by atoms with Gasteiger partial charge in [0.15, 0.2) is 0 Å². The molecule has 1 rings (SSSR count). The minimum Gasteiger partial charge on any atom is -0.508 e. The van der Waals surface area contributed by atoms with Crippen LogP contribution >= 0.6 is 0 Å². The number of carbonyl (C=O) groups excluding carboxylic acids is 1. The van der Waals surface area contributed by atoms with Crippen LogP contribution < -0.4 is 0 Å². The number of carbonyl (C=O) groups is 1. The van der Waals surface area contributed by atoms with Gasteiger partial charge >= 0.3 is 65.6 Å². The van der Waals surface area contributed by atoms with Gasteiger partial charge in [0.2, 0.25) is 0 Å². The summed E-state index contributed by atoms with van der Waals surface area (Å²) in [7, 11) is 0. The summed E-state index contributed by atoms with van der Waals surface area (Å²) in [6.45, 7) is 0. The second-order valence-electron chi connectivity index (χ2n) is 7.55. The normalized spacial score (nSPS) is 15.6. The highest BCUT2D eigenvalue weighted by molar-refractivity contribution is 5.89. The monoisotopic (exact) mass is 656 g/mol. The Morgan fingerprint density at radius 2 is 0.732 bits per heavy atom. The Hall–Kier alpha value is -2.98. The van der Waals surface area contributed by atoms with E-state index >= 15 is 0 Å². The van der Waals surface area contributed by atoms with E-state index in [1.54, 1.807) is 0 Å². The molecule has 0 heterocycles. The van der Waals surface area contributed by atoms with E-state index in [-0.39, 0.29) is 12.1 Å². The molecule has 0 saturated heterocycles. The van der Waals surface area contributed by atoms with E-state index in [0.29, 0.717) is 12.1 Å². The van der Waals surface area contributed by atoms with E-state index in [4.69, 9.17) is 5.11 Å². The van der Waals surface area contributed by atoms with Crippen molar-refractivity contribution in [3.05, 3.63) is 29.8 Å². The van der Waals surface area contributed by atoms with Crippen molar-refractivity contribution < 1.29 is 107 Å². The third-order valence-corrected chi connectivity index (χ3v) is 4.81. The SMILES string of the molecule is O=C(OC(F)(F)C(F)(F)C(F)(F)C(F)(F)C(F)(F)C(F)(F)C(F)(F)C(F)(F)C(F)(F)C(F)(F)F)c1ccc(O)cc1. The molecule has 0 aliphatic heterocycles. The number of benzene rings is 1. The maximum absolute atomic E-state index is 13.7. The van der Waals surface area contributed by atoms with Gasteiger partial charge in [-0.1, -0.05) is 0 Å². The van der Waals surface area contributed by atoms with Gasteiger partial charge in [-0.15, -0.1) is 0 Å². The van der Waals surface area contributed by atoms with E-state index in [2.05, 4.69) is 4.74 Å². The number of hydrogen-bond acceptors (Lipinski definition) is 3. The molecular weight excluding hydrogens is 651 g/mol. The topological polar surface area (TPSA) is 46.5 Å². The molecule has 3 nitrogen and oxygen atoms in total. The molecule has 0 aliphatic rings. The van der Waals surface area contributed by atoms with Gasteiger partial charge in [-0.2, -0.15) is 92.2 Å². The second-order valence-corrected chi connectivity index (χ2v) is 7.55. The summed E-state index contributed by atoms with van der Waals surface area (Å²) in [5.74, 6) is -75.4. The van der Waals surface area contributed by atoms with Crippen molar-refractivity contribution in [3.63, 3.8) is 0 Å². The molecule has 0 amide bonds. The van der Waals surface area contributed by atoms with Crippen LogP contribution in [0.1, 0.15) is 10.4 Å². The molecule has 0 saturated carbocycles. The quantitative estimate of drug-likeness (QED) is 0.207. The number of halogens is 21. The van der Waals surface area contributed by atoms with E-state index in [0.717, 1.165) is 0 Å². The van der Waals surface area contributed by atoms with E-state index in [1.165, 1.54) is 0 Å². The van der Waals surface area contributed by atoms with E-state index < -0.39 is 76.9 Å². The fourth-order valence-corrected chi connectivity index (χ4v) is 2.38. The fraction of sp³-hybridized carbons (Fsp3) is 0.588. The minimum atomic E-state index is -9.29. The van der Waals surface area contributed by atoms with Crippen molar-refractivity contribution in [3.8, 4) is 5.75 Å². The zero-order chi connectivity index (χ0) is 33.3. The lowest BCUT2D eigenvalue weighted by molar-refractivity contribution is -0.481. The summed E-state index contributed by atoms with van der Waals surface area (Å²) >= 11 is 0. The van der Waals surface area contributed by atoms with Crippen LogP contribution in [0.5, 0.6) is 5.75 Å². The number of hydrogen-bond donors (Lipinski definition) is 1. The average Bonchev–Trinajstić information content (AvgIpc) is 2.77. The zero-order valence-electron chi connectivity index (χ0n) is 18.0. The lowest BCUT2D eigenvalue weighted by Gasteiger charge is -2.44. The Kier molecular flexibility index (Phi) is 8.37. The Labute approximate surface area is 209 Å². The van der Waals surface area contributed by atoms with Gasteiger partial charge in [0.1, 0.15) is 5.75 Å². The summed E-state index contributed by atoms with van der Waals surface area (Å²) in [5.41, 5.74) is -1.42. The van der Waals surface area contributed by atoms with Crippen molar-refractivity contribution in [1.82, 2.24) is 0 Å². The van der Waals surface area contributed by atoms with Gasteiger partial charge < -0.3 is 9.84 Å². The maximum atomic E-state index is 13.7. The van der Waals surface area contributed by atoms with Crippen molar-refractivity contribution >= 4 is 5.97 Å². The molecule has 0 unspecified atom stereocenters. The summed E-state index contributed by atoms with van der Waals surface area (Å²) in [5, 5.41) is 8.90. The molecule has 0 spiro atoms. The van der Waals surface area contributed by atoms with E-state index in [9.17, 15) is 97.0 Å². The Bertz CT molecular complexity index is 1120. The maximum Gasteiger partial charge on any atom is 0.473 e. The number of alkyl halides is 21. The number of phenolic OH excluding ortho intramolecular Hbond substituents is 1. The molecule has 0 aromatic heterocycles. The second kappa shape index (κ2) is 9.52. The molecule has 0 bridgehead atoms. The highest BCUT2D eigenvalue weighted by Gasteiger charge is 2.98. The molecule has 1 N–H and O–H groups in total. The van der Waals surface area contributed by atoms with Crippen LogP contribution in [0.15, 0.2) is 24.3 Å². The summed E-state index contributed by atoms with van der Waals surface area (Å²) in [6, 6.07) is 1.14. The molecule has 0 aliphatic carbocycles. The van der Waals surface area contributed by atoms with Gasteiger partial charge in [0.25, 0.3) is 0 Å². The van der Waals surface area contributed by atoms with Crippen LogP contribution in [0, 0.1) is 0 Å².